The van der Waals surface area contributed by atoms with Crippen LogP contribution in [0.4, 0.5) is 0 Å². The zero-order chi connectivity index (χ0) is 25.7. The summed E-state index contributed by atoms with van der Waals surface area (Å²) in [7, 11) is 0. The number of allylic oxidation sites excluding steroid dienone is 2. The van der Waals surface area contributed by atoms with Crippen LogP contribution < -0.4 is 4.74 Å². The average Bonchev–Trinajstić information content (AvgIpc) is 3.14. The molecule has 190 valence electrons. The largest absolute Gasteiger partial charge is 0.511 e. The molecule has 36 heavy (non-hydrogen) atoms. The van der Waals surface area contributed by atoms with E-state index in [9.17, 15) is 9.90 Å². The van der Waals surface area contributed by atoms with E-state index in [-0.39, 0.29) is 17.0 Å². The Labute approximate surface area is 214 Å². The molecule has 1 heterocycles. The van der Waals surface area contributed by atoms with Crippen LogP contribution >= 0.6 is 0 Å². The molecule has 0 radical (unpaired) electrons. The molecule has 2 N–H and O–H groups in total. The molecule has 0 fully saturated rings. The first-order valence-corrected chi connectivity index (χ1v) is 13.0. The standard InChI is InChI=1S/C31H38N2O3/c1-5-6-12-27(30-28(34)18-31(3,4)19-29(30)35)32-16-15-24-21(2)33-26-14-13-23(17-25(24)26)36-20-22-10-8-7-9-11-22/h7-11,13-14,17,33-34H,5-6,12,15-16,18-20H2,1-4H3. The van der Waals surface area contributed by atoms with E-state index in [4.69, 9.17) is 9.73 Å². The summed E-state index contributed by atoms with van der Waals surface area (Å²) in [6, 6.07) is 16.3. The van der Waals surface area contributed by atoms with Gasteiger partial charge in [-0.25, -0.2) is 0 Å². The Bertz CT molecular complexity index is 1280. The second-order valence-electron chi connectivity index (χ2n) is 10.7. The number of nitrogens with one attached hydrogen (secondary N) is 1. The first kappa shape index (κ1) is 25.7. The highest BCUT2D eigenvalue weighted by Gasteiger charge is 2.34. The number of carbonyl (C=O) groups is 1. The summed E-state index contributed by atoms with van der Waals surface area (Å²) in [5, 5.41) is 11.9. The van der Waals surface area contributed by atoms with Gasteiger partial charge >= 0.3 is 0 Å². The average molecular weight is 487 g/mol. The summed E-state index contributed by atoms with van der Waals surface area (Å²) < 4.78 is 6.06. The van der Waals surface area contributed by atoms with E-state index in [1.807, 2.05) is 38.1 Å². The summed E-state index contributed by atoms with van der Waals surface area (Å²) >= 11 is 0. The third-order valence-electron chi connectivity index (χ3n) is 6.91. The van der Waals surface area contributed by atoms with Crippen LogP contribution in [-0.2, 0) is 17.8 Å². The number of benzene rings is 2. The summed E-state index contributed by atoms with van der Waals surface area (Å²) in [6.07, 6.45) is 4.39. The van der Waals surface area contributed by atoms with Crippen LogP contribution in [0, 0.1) is 12.3 Å². The highest BCUT2D eigenvalue weighted by Crippen LogP contribution is 2.36. The van der Waals surface area contributed by atoms with Crippen LogP contribution in [-0.4, -0.2) is 28.1 Å². The van der Waals surface area contributed by atoms with Gasteiger partial charge in [-0.1, -0.05) is 57.5 Å². The Hall–Kier alpha value is -3.34. The van der Waals surface area contributed by atoms with Gasteiger partial charge in [0.2, 0.25) is 0 Å². The van der Waals surface area contributed by atoms with Crippen LogP contribution in [0.2, 0.25) is 0 Å². The minimum absolute atomic E-state index is 0.0158. The molecular formula is C31H38N2O3. The van der Waals surface area contributed by atoms with Crippen molar-refractivity contribution in [1.29, 1.82) is 0 Å². The number of hydrogen-bond acceptors (Lipinski definition) is 4. The van der Waals surface area contributed by atoms with Gasteiger partial charge in [0.05, 0.1) is 5.57 Å². The number of aryl methyl sites for hydroxylation is 1. The zero-order valence-electron chi connectivity index (χ0n) is 22.0. The molecule has 0 saturated heterocycles. The van der Waals surface area contributed by atoms with Gasteiger partial charge in [0.1, 0.15) is 18.1 Å². The monoisotopic (exact) mass is 486 g/mol. The number of aromatic nitrogens is 1. The highest BCUT2D eigenvalue weighted by atomic mass is 16.5. The van der Waals surface area contributed by atoms with Crippen molar-refractivity contribution >= 4 is 22.4 Å². The molecule has 0 amide bonds. The van der Waals surface area contributed by atoms with Crippen molar-refractivity contribution in [2.45, 2.75) is 72.8 Å². The third kappa shape index (κ3) is 6.07. The first-order valence-electron chi connectivity index (χ1n) is 13.0. The van der Waals surface area contributed by atoms with Gasteiger partial charge < -0.3 is 14.8 Å². The topological polar surface area (TPSA) is 74.7 Å². The number of carbonyl (C=O) groups excluding carboxylic acids is 1. The third-order valence-corrected chi connectivity index (χ3v) is 6.91. The van der Waals surface area contributed by atoms with E-state index < -0.39 is 0 Å². The number of H-pyrrole nitrogens is 1. The first-order chi connectivity index (χ1) is 17.3. The molecular weight excluding hydrogens is 448 g/mol. The summed E-state index contributed by atoms with van der Waals surface area (Å²) in [4.78, 5) is 21.3. The predicted molar refractivity (Wildman–Crippen MR) is 147 cm³/mol. The highest BCUT2D eigenvalue weighted by molar-refractivity contribution is 6.23. The molecule has 0 atom stereocenters. The maximum absolute atomic E-state index is 12.9. The number of rotatable bonds is 10. The van der Waals surface area contributed by atoms with E-state index in [1.54, 1.807) is 0 Å². The number of hydrogen-bond donors (Lipinski definition) is 2. The molecule has 1 aromatic heterocycles. The van der Waals surface area contributed by atoms with E-state index in [0.29, 0.717) is 38.0 Å². The predicted octanol–water partition coefficient (Wildman–Crippen LogP) is 7.43. The molecule has 5 heteroatoms. The molecule has 3 aromatic rings. The van der Waals surface area contributed by atoms with Gasteiger partial charge in [-0.15, -0.1) is 0 Å². The van der Waals surface area contributed by atoms with Gasteiger partial charge in [0.25, 0.3) is 0 Å². The zero-order valence-corrected chi connectivity index (χ0v) is 22.0. The Morgan fingerprint density at radius 1 is 1.14 bits per heavy atom. The maximum atomic E-state index is 12.9. The summed E-state index contributed by atoms with van der Waals surface area (Å²) in [6.45, 7) is 9.36. The van der Waals surface area contributed by atoms with Crippen LogP contribution in [0.5, 0.6) is 5.75 Å². The number of aliphatic hydroxyl groups is 1. The van der Waals surface area contributed by atoms with Crippen LogP contribution in [0.3, 0.4) is 0 Å². The van der Waals surface area contributed by atoms with Crippen molar-refractivity contribution in [3.8, 4) is 5.75 Å². The van der Waals surface area contributed by atoms with Crippen molar-refractivity contribution in [2.75, 3.05) is 6.54 Å². The van der Waals surface area contributed by atoms with Gasteiger partial charge in [-0.05, 0) is 60.9 Å². The number of aliphatic hydroxyl groups excluding tert-OH is 1. The Morgan fingerprint density at radius 2 is 1.92 bits per heavy atom. The van der Waals surface area contributed by atoms with E-state index >= 15 is 0 Å². The SMILES string of the molecule is CCCCC(=NCCc1c(C)[nH]c2ccc(OCc3ccccc3)cc12)C1=C(O)CC(C)(C)CC1=O. The van der Waals surface area contributed by atoms with E-state index in [1.165, 1.54) is 5.56 Å². The second-order valence-corrected chi connectivity index (χ2v) is 10.7. The second kappa shape index (κ2) is 11.2. The molecule has 0 unspecified atom stereocenters. The van der Waals surface area contributed by atoms with Gasteiger partial charge in [0.15, 0.2) is 5.78 Å². The quantitative estimate of drug-likeness (QED) is 0.293. The molecule has 1 aliphatic carbocycles. The lowest BCUT2D eigenvalue weighted by molar-refractivity contribution is -0.117. The molecule has 0 spiro atoms. The number of nitrogens with zero attached hydrogens (tertiary/aromatic N) is 1. The van der Waals surface area contributed by atoms with Crippen LogP contribution in [0.1, 0.15) is 69.7 Å². The summed E-state index contributed by atoms with van der Waals surface area (Å²) in [5.41, 5.74) is 5.57. The van der Waals surface area contributed by atoms with Gasteiger partial charge in [-0.2, -0.15) is 0 Å². The Balaban J connectivity index is 1.53. The van der Waals surface area contributed by atoms with E-state index in [0.717, 1.165) is 52.9 Å². The molecule has 0 bridgehead atoms. The molecule has 5 nitrogen and oxygen atoms in total. The van der Waals surface area contributed by atoms with Crippen LogP contribution in [0.15, 0.2) is 64.9 Å². The smallest absolute Gasteiger partial charge is 0.168 e. The number of aromatic amines is 1. The van der Waals surface area contributed by atoms with Crippen LogP contribution in [0.25, 0.3) is 10.9 Å². The molecule has 4 rings (SSSR count). The number of unbranched alkanes of at least 4 members (excludes halogenated alkanes) is 1. The van der Waals surface area contributed by atoms with Crippen molar-refractivity contribution < 1.29 is 14.6 Å². The molecule has 0 aliphatic heterocycles. The van der Waals surface area contributed by atoms with Crippen molar-refractivity contribution in [3.05, 3.63) is 76.7 Å². The van der Waals surface area contributed by atoms with Crippen molar-refractivity contribution in [1.82, 2.24) is 4.98 Å². The normalized spacial score (nSPS) is 16.1. The number of Topliss-reactive ketones (excluding diaryl/α,β-unsaturated/α-hetero) is 1. The minimum Gasteiger partial charge on any atom is -0.511 e. The fourth-order valence-corrected chi connectivity index (χ4v) is 5.06. The molecule has 1 aliphatic rings. The Kier molecular flexibility index (Phi) is 7.97. The minimum atomic E-state index is -0.206. The molecule has 0 saturated carbocycles. The summed E-state index contributed by atoms with van der Waals surface area (Å²) in [5.74, 6) is 1.06. The lowest BCUT2D eigenvalue weighted by atomic mass is 9.75. The lowest BCUT2D eigenvalue weighted by Gasteiger charge is -2.30. The van der Waals surface area contributed by atoms with Gasteiger partial charge in [-0.3, -0.25) is 9.79 Å². The van der Waals surface area contributed by atoms with Crippen molar-refractivity contribution in [3.63, 3.8) is 0 Å². The number of aliphatic imine (C=N–C) groups is 1. The van der Waals surface area contributed by atoms with Gasteiger partial charge in [0, 0.05) is 41.7 Å². The fourth-order valence-electron chi connectivity index (χ4n) is 5.06. The number of ether oxygens (including phenoxy) is 1. The Morgan fingerprint density at radius 3 is 2.64 bits per heavy atom. The number of ketones is 1. The maximum Gasteiger partial charge on any atom is 0.168 e. The molecule has 2 aromatic carbocycles. The fraction of sp³-hybridized carbons (Fsp3) is 0.419. The van der Waals surface area contributed by atoms with E-state index in [2.05, 4.69) is 43.1 Å². The lowest BCUT2D eigenvalue weighted by Crippen LogP contribution is -2.29. The van der Waals surface area contributed by atoms with Crippen molar-refractivity contribution in [2.24, 2.45) is 10.4 Å². The number of fused-ring (bicyclic) bond motifs is 1.